The summed E-state index contributed by atoms with van der Waals surface area (Å²) < 4.78 is 2.14. The minimum Gasteiger partial charge on any atom is -0.232 e. The first-order chi connectivity index (χ1) is 2.89. The lowest BCUT2D eigenvalue weighted by molar-refractivity contribution is 0.634. The van der Waals surface area contributed by atoms with Gasteiger partial charge in [0.15, 0.2) is 0 Å². The highest BCUT2D eigenvalue weighted by Crippen LogP contribution is 2.15. The van der Waals surface area contributed by atoms with Crippen LogP contribution in [0.25, 0.3) is 0 Å². The molecule has 0 aromatic carbocycles. The molecule has 1 saturated heterocycles. The summed E-state index contributed by atoms with van der Waals surface area (Å²) in [5, 5.41) is 0. The van der Waals surface area contributed by atoms with E-state index in [1.165, 1.54) is 12.3 Å². The molecule has 0 saturated carbocycles. The van der Waals surface area contributed by atoms with Crippen molar-refractivity contribution in [3.63, 3.8) is 0 Å². The molecule has 0 atom stereocenters. The lowest BCUT2D eigenvalue weighted by atomic mass is 10.8. The molecule has 1 fully saturated rings. The highest BCUT2D eigenvalue weighted by atomic mass is 79.9. The maximum absolute atomic E-state index is 3.35. The van der Waals surface area contributed by atoms with E-state index in [1.807, 2.05) is 11.8 Å². The van der Waals surface area contributed by atoms with Gasteiger partial charge in [-0.3, -0.25) is 0 Å². The Labute approximate surface area is 50.4 Å². The molecule has 0 aliphatic carbocycles. The van der Waals surface area contributed by atoms with Crippen LogP contribution in [0.5, 0.6) is 0 Å². The molecule has 3 heteroatoms. The van der Waals surface area contributed by atoms with Gasteiger partial charge in [-0.25, -0.2) is 3.93 Å². The molecule has 0 unspecified atom stereocenters. The molecule has 1 nitrogen and oxygen atoms in total. The van der Waals surface area contributed by atoms with Crippen molar-refractivity contribution in [2.45, 2.75) is 0 Å². The summed E-state index contributed by atoms with van der Waals surface area (Å²) in [5.74, 6) is 2.44. The van der Waals surface area contributed by atoms with E-state index in [9.17, 15) is 0 Å². The fourth-order valence-corrected chi connectivity index (χ4v) is 2.04. The molecule has 1 aliphatic heterocycles. The normalized spacial score (nSPS) is 25.5. The highest BCUT2D eigenvalue weighted by molar-refractivity contribution is 9.07. The molecule has 0 aromatic heterocycles. The van der Waals surface area contributed by atoms with Gasteiger partial charge in [0.05, 0.1) is 5.88 Å². The number of hydrogen-bond donors (Lipinski definition) is 0. The predicted octanol–water partition coefficient (Wildman–Crippen LogP) is 1.30. The third kappa shape index (κ3) is 1.13. The van der Waals surface area contributed by atoms with Gasteiger partial charge in [0.1, 0.15) is 0 Å². The minimum atomic E-state index is 1.15. The summed E-state index contributed by atoms with van der Waals surface area (Å²) >= 11 is 5.31. The fraction of sp³-hybridized carbons (Fsp3) is 1.00. The number of nitrogens with zero attached hydrogens (tertiary/aromatic N) is 1. The number of hydrogen-bond acceptors (Lipinski definition) is 2. The van der Waals surface area contributed by atoms with Crippen LogP contribution in [0.2, 0.25) is 0 Å². The SMILES string of the molecule is BrN1CCSC1. The molecule has 1 heterocycles. The molecule has 6 heavy (non-hydrogen) atoms. The van der Waals surface area contributed by atoms with Crippen molar-refractivity contribution in [2.75, 3.05) is 18.2 Å². The third-order valence-corrected chi connectivity index (χ3v) is 2.61. The fourth-order valence-electron chi connectivity index (χ4n) is 0.392. The van der Waals surface area contributed by atoms with E-state index >= 15 is 0 Å². The Bertz CT molecular complexity index is 44.1. The first kappa shape index (κ1) is 4.94. The average molecular weight is 168 g/mol. The van der Waals surface area contributed by atoms with Gasteiger partial charge in [-0.05, 0) is 0 Å². The number of thioether (sulfide) groups is 1. The Balaban J connectivity index is 2.18. The zero-order valence-electron chi connectivity index (χ0n) is 3.35. The van der Waals surface area contributed by atoms with Crippen LogP contribution >= 0.6 is 27.9 Å². The molecule has 0 amide bonds. The van der Waals surface area contributed by atoms with E-state index in [4.69, 9.17) is 0 Å². The van der Waals surface area contributed by atoms with Crippen LogP contribution in [0.4, 0.5) is 0 Å². The first-order valence-electron chi connectivity index (χ1n) is 1.88. The Morgan fingerprint density at radius 1 is 1.67 bits per heavy atom. The molecule has 1 rings (SSSR count). The van der Waals surface area contributed by atoms with Crippen molar-refractivity contribution in [2.24, 2.45) is 0 Å². The van der Waals surface area contributed by atoms with Crippen molar-refractivity contribution >= 4 is 27.9 Å². The Morgan fingerprint density at radius 3 is 2.67 bits per heavy atom. The van der Waals surface area contributed by atoms with Crippen molar-refractivity contribution in [1.82, 2.24) is 3.93 Å². The summed E-state index contributed by atoms with van der Waals surface area (Å²) in [6.45, 7) is 1.20. The largest absolute Gasteiger partial charge is 0.232 e. The van der Waals surface area contributed by atoms with Crippen LogP contribution in [0, 0.1) is 0 Å². The van der Waals surface area contributed by atoms with Gasteiger partial charge in [0, 0.05) is 28.4 Å². The molecule has 0 aromatic rings. The zero-order valence-corrected chi connectivity index (χ0v) is 5.76. The second-order valence-corrected chi connectivity index (χ2v) is 3.30. The van der Waals surface area contributed by atoms with E-state index in [0.717, 1.165) is 5.88 Å². The first-order valence-corrected chi connectivity index (χ1v) is 3.74. The molecule has 1 aliphatic rings. The van der Waals surface area contributed by atoms with Gasteiger partial charge in [0.2, 0.25) is 0 Å². The average Bonchev–Trinajstić information content (AvgIpc) is 1.86. The van der Waals surface area contributed by atoms with Gasteiger partial charge >= 0.3 is 0 Å². The monoisotopic (exact) mass is 167 g/mol. The molecule has 0 bridgehead atoms. The van der Waals surface area contributed by atoms with Gasteiger partial charge < -0.3 is 0 Å². The molecular formula is C3H6BrNS. The molecule has 0 radical (unpaired) electrons. The number of halogens is 1. The second-order valence-electron chi connectivity index (χ2n) is 1.22. The Morgan fingerprint density at radius 2 is 2.50 bits per heavy atom. The van der Waals surface area contributed by atoms with Crippen LogP contribution < -0.4 is 0 Å². The molecular weight excluding hydrogens is 162 g/mol. The standard InChI is InChI=1S/C3H6BrNS/c4-5-1-2-6-3-5/h1-3H2. The lowest BCUT2D eigenvalue weighted by Crippen LogP contribution is -2.02. The summed E-state index contributed by atoms with van der Waals surface area (Å²) in [6.07, 6.45) is 0. The zero-order chi connectivity index (χ0) is 4.41. The minimum absolute atomic E-state index is 1.15. The van der Waals surface area contributed by atoms with Crippen LogP contribution in [0.15, 0.2) is 0 Å². The Hall–Kier alpha value is 0.790. The predicted molar refractivity (Wildman–Crippen MR) is 33.0 cm³/mol. The maximum atomic E-state index is 3.35. The van der Waals surface area contributed by atoms with E-state index in [0.29, 0.717) is 0 Å². The summed E-state index contributed by atoms with van der Waals surface area (Å²) in [6, 6.07) is 0. The van der Waals surface area contributed by atoms with Crippen LogP contribution in [0.1, 0.15) is 0 Å². The van der Waals surface area contributed by atoms with Crippen molar-refractivity contribution in [1.29, 1.82) is 0 Å². The van der Waals surface area contributed by atoms with Gasteiger partial charge in [-0.1, -0.05) is 0 Å². The van der Waals surface area contributed by atoms with Gasteiger partial charge in [-0.2, -0.15) is 0 Å². The van der Waals surface area contributed by atoms with Crippen molar-refractivity contribution < 1.29 is 0 Å². The van der Waals surface area contributed by atoms with E-state index in [2.05, 4.69) is 20.1 Å². The lowest BCUT2D eigenvalue weighted by Gasteiger charge is -1.95. The Kier molecular flexibility index (Phi) is 1.80. The van der Waals surface area contributed by atoms with Crippen molar-refractivity contribution in [3.8, 4) is 0 Å². The third-order valence-electron chi connectivity index (χ3n) is 0.710. The topological polar surface area (TPSA) is 3.24 Å². The molecule has 0 spiro atoms. The second kappa shape index (κ2) is 2.19. The van der Waals surface area contributed by atoms with E-state index in [1.54, 1.807) is 0 Å². The highest BCUT2D eigenvalue weighted by Gasteiger charge is 2.05. The molecule has 0 N–H and O–H groups in total. The van der Waals surface area contributed by atoms with Crippen LogP contribution in [-0.4, -0.2) is 22.1 Å². The quantitative estimate of drug-likeness (QED) is 0.501. The van der Waals surface area contributed by atoms with E-state index < -0.39 is 0 Å². The van der Waals surface area contributed by atoms with Crippen molar-refractivity contribution in [3.05, 3.63) is 0 Å². The molecule has 36 valence electrons. The summed E-state index contributed by atoms with van der Waals surface area (Å²) in [7, 11) is 0. The smallest absolute Gasteiger partial charge is 0.0550 e. The van der Waals surface area contributed by atoms with Crippen LogP contribution in [0.3, 0.4) is 0 Å². The maximum Gasteiger partial charge on any atom is 0.0550 e. The van der Waals surface area contributed by atoms with E-state index in [-0.39, 0.29) is 0 Å². The van der Waals surface area contributed by atoms with Gasteiger partial charge in [-0.15, -0.1) is 11.8 Å². The number of rotatable bonds is 0. The van der Waals surface area contributed by atoms with Crippen LogP contribution in [-0.2, 0) is 0 Å². The van der Waals surface area contributed by atoms with Gasteiger partial charge in [0.25, 0.3) is 0 Å². The summed E-state index contributed by atoms with van der Waals surface area (Å²) in [5.41, 5.74) is 0. The summed E-state index contributed by atoms with van der Waals surface area (Å²) in [4.78, 5) is 0.